The molecule has 2 rings (SSSR count). The number of ether oxygens (including phenoxy) is 1. The highest BCUT2D eigenvalue weighted by Gasteiger charge is 2.04. The zero-order valence-corrected chi connectivity index (χ0v) is 11.3. The van der Waals surface area contributed by atoms with Gasteiger partial charge in [-0.15, -0.1) is 0 Å². The van der Waals surface area contributed by atoms with E-state index < -0.39 is 0 Å². The van der Waals surface area contributed by atoms with Gasteiger partial charge in [-0.25, -0.2) is 4.79 Å². The Hall–Kier alpha value is -2.33. The predicted octanol–water partition coefficient (Wildman–Crippen LogP) is 2.58. The number of aliphatic hydroxyl groups is 1. The summed E-state index contributed by atoms with van der Waals surface area (Å²) >= 11 is 0. The zero-order valence-electron chi connectivity index (χ0n) is 11.3. The van der Waals surface area contributed by atoms with Crippen LogP contribution in [0, 0.1) is 0 Å². The maximum Gasteiger partial charge on any atom is 0.337 e. The molecule has 0 unspecified atom stereocenters. The van der Waals surface area contributed by atoms with E-state index in [-0.39, 0.29) is 12.6 Å². The van der Waals surface area contributed by atoms with Crippen molar-refractivity contribution < 1.29 is 14.6 Å². The quantitative estimate of drug-likeness (QED) is 0.821. The summed E-state index contributed by atoms with van der Waals surface area (Å²) in [6, 6.07) is 14.9. The summed E-state index contributed by atoms with van der Waals surface area (Å²) in [4.78, 5) is 11.3. The normalized spacial score (nSPS) is 10.1. The first-order valence-electron chi connectivity index (χ1n) is 6.34. The number of nitrogens with one attached hydrogen (secondary N) is 1. The first-order valence-corrected chi connectivity index (χ1v) is 6.34. The number of hydrogen-bond acceptors (Lipinski definition) is 4. The highest BCUT2D eigenvalue weighted by atomic mass is 16.5. The number of rotatable bonds is 5. The van der Waals surface area contributed by atoms with E-state index in [9.17, 15) is 4.79 Å². The van der Waals surface area contributed by atoms with Crippen LogP contribution in [0.3, 0.4) is 0 Å². The van der Waals surface area contributed by atoms with Gasteiger partial charge in [-0.1, -0.05) is 24.3 Å². The fraction of sp³-hybridized carbons (Fsp3) is 0.188. The molecule has 0 bridgehead atoms. The molecule has 0 aromatic heterocycles. The average molecular weight is 271 g/mol. The van der Waals surface area contributed by atoms with Crippen molar-refractivity contribution in [2.75, 3.05) is 12.4 Å². The molecule has 0 atom stereocenters. The van der Waals surface area contributed by atoms with Crippen molar-refractivity contribution in [1.29, 1.82) is 0 Å². The minimum Gasteiger partial charge on any atom is -0.465 e. The van der Waals surface area contributed by atoms with Gasteiger partial charge < -0.3 is 15.2 Å². The number of methoxy groups -OCH3 is 1. The van der Waals surface area contributed by atoms with Crippen molar-refractivity contribution in [2.45, 2.75) is 13.2 Å². The Balaban J connectivity index is 1.94. The summed E-state index contributed by atoms with van der Waals surface area (Å²) in [5.41, 5.74) is 3.49. The molecule has 0 aliphatic rings. The molecular weight excluding hydrogens is 254 g/mol. The summed E-state index contributed by atoms with van der Waals surface area (Å²) < 4.78 is 4.65. The van der Waals surface area contributed by atoms with Crippen molar-refractivity contribution in [3.05, 3.63) is 65.2 Å². The Labute approximate surface area is 118 Å². The van der Waals surface area contributed by atoms with Crippen LogP contribution < -0.4 is 5.32 Å². The summed E-state index contributed by atoms with van der Waals surface area (Å²) in [5, 5.41) is 12.2. The second-order valence-corrected chi connectivity index (χ2v) is 4.40. The SMILES string of the molecule is COC(=O)c1ccc(NCc2ccc(CO)cc2)cc1. The highest BCUT2D eigenvalue weighted by Crippen LogP contribution is 2.12. The van der Waals surface area contributed by atoms with E-state index in [1.54, 1.807) is 12.1 Å². The fourth-order valence-electron chi connectivity index (χ4n) is 1.81. The van der Waals surface area contributed by atoms with Crippen LogP contribution in [0.25, 0.3) is 0 Å². The van der Waals surface area contributed by atoms with E-state index in [2.05, 4.69) is 10.1 Å². The van der Waals surface area contributed by atoms with Gasteiger partial charge in [0.2, 0.25) is 0 Å². The van der Waals surface area contributed by atoms with Crippen LogP contribution in [0.1, 0.15) is 21.5 Å². The van der Waals surface area contributed by atoms with E-state index in [4.69, 9.17) is 5.11 Å². The minimum atomic E-state index is -0.337. The number of esters is 1. The maximum absolute atomic E-state index is 11.3. The average Bonchev–Trinajstić information content (AvgIpc) is 2.53. The fourth-order valence-corrected chi connectivity index (χ4v) is 1.81. The molecule has 2 aromatic rings. The standard InChI is InChI=1S/C16H17NO3/c1-20-16(19)14-6-8-15(9-7-14)17-10-12-2-4-13(11-18)5-3-12/h2-9,17-18H,10-11H2,1H3. The lowest BCUT2D eigenvalue weighted by Gasteiger charge is -2.08. The van der Waals surface area contributed by atoms with E-state index in [1.165, 1.54) is 7.11 Å². The Kier molecular flexibility index (Phi) is 4.74. The maximum atomic E-state index is 11.3. The van der Waals surface area contributed by atoms with Gasteiger partial charge in [-0.2, -0.15) is 0 Å². The van der Waals surface area contributed by atoms with Crippen molar-refractivity contribution in [2.24, 2.45) is 0 Å². The first kappa shape index (κ1) is 14.1. The van der Waals surface area contributed by atoms with E-state index >= 15 is 0 Å². The first-order chi connectivity index (χ1) is 9.72. The summed E-state index contributed by atoms with van der Waals surface area (Å²) in [6.07, 6.45) is 0. The molecule has 0 heterocycles. The van der Waals surface area contributed by atoms with Gasteiger partial charge in [0.1, 0.15) is 0 Å². The minimum absolute atomic E-state index is 0.0582. The van der Waals surface area contributed by atoms with Crippen molar-refractivity contribution in [1.82, 2.24) is 0 Å². The van der Waals surface area contributed by atoms with Gasteiger partial charge in [0.15, 0.2) is 0 Å². The molecule has 0 radical (unpaired) electrons. The number of carbonyl (C=O) groups is 1. The molecule has 0 aliphatic heterocycles. The topological polar surface area (TPSA) is 58.6 Å². The third-order valence-electron chi connectivity index (χ3n) is 3.01. The van der Waals surface area contributed by atoms with Crippen LogP contribution >= 0.6 is 0 Å². The van der Waals surface area contributed by atoms with Crippen LogP contribution in [0.5, 0.6) is 0 Å². The second-order valence-electron chi connectivity index (χ2n) is 4.40. The molecule has 0 amide bonds. The van der Waals surface area contributed by atoms with Crippen LogP contribution in [0.2, 0.25) is 0 Å². The van der Waals surface area contributed by atoms with Crippen molar-refractivity contribution in [3.63, 3.8) is 0 Å². The Bertz CT molecular complexity index is 561. The molecule has 20 heavy (non-hydrogen) atoms. The van der Waals surface area contributed by atoms with Gasteiger partial charge in [0.05, 0.1) is 19.3 Å². The molecule has 2 aromatic carbocycles. The molecule has 0 fully saturated rings. The van der Waals surface area contributed by atoms with E-state index in [0.29, 0.717) is 12.1 Å². The smallest absolute Gasteiger partial charge is 0.337 e. The molecule has 0 saturated carbocycles. The van der Waals surface area contributed by atoms with Crippen LogP contribution in [-0.4, -0.2) is 18.2 Å². The van der Waals surface area contributed by atoms with Crippen LogP contribution in [-0.2, 0) is 17.9 Å². The van der Waals surface area contributed by atoms with Gasteiger partial charge in [-0.3, -0.25) is 0 Å². The summed E-state index contributed by atoms with van der Waals surface area (Å²) in [5.74, 6) is -0.337. The van der Waals surface area contributed by atoms with E-state index in [0.717, 1.165) is 16.8 Å². The highest BCUT2D eigenvalue weighted by molar-refractivity contribution is 5.89. The van der Waals surface area contributed by atoms with Crippen molar-refractivity contribution in [3.8, 4) is 0 Å². The number of anilines is 1. The molecule has 2 N–H and O–H groups in total. The van der Waals surface area contributed by atoms with Gasteiger partial charge in [-0.05, 0) is 35.4 Å². The zero-order chi connectivity index (χ0) is 14.4. The lowest BCUT2D eigenvalue weighted by atomic mass is 10.1. The van der Waals surface area contributed by atoms with Gasteiger partial charge in [0.25, 0.3) is 0 Å². The molecule has 0 spiro atoms. The van der Waals surface area contributed by atoms with Crippen LogP contribution in [0.15, 0.2) is 48.5 Å². The monoisotopic (exact) mass is 271 g/mol. The second kappa shape index (κ2) is 6.73. The number of carbonyl (C=O) groups excluding carboxylic acids is 1. The summed E-state index contributed by atoms with van der Waals surface area (Å²) in [7, 11) is 1.37. The summed E-state index contributed by atoms with van der Waals surface area (Å²) in [6.45, 7) is 0.742. The number of hydrogen-bond donors (Lipinski definition) is 2. The number of aliphatic hydroxyl groups excluding tert-OH is 1. The van der Waals surface area contributed by atoms with Crippen LogP contribution in [0.4, 0.5) is 5.69 Å². The largest absolute Gasteiger partial charge is 0.465 e. The lowest BCUT2D eigenvalue weighted by molar-refractivity contribution is 0.0601. The molecule has 4 heteroatoms. The van der Waals surface area contributed by atoms with Gasteiger partial charge in [0, 0.05) is 12.2 Å². The molecule has 104 valence electrons. The van der Waals surface area contributed by atoms with Gasteiger partial charge >= 0.3 is 5.97 Å². The Morgan fingerprint density at radius 3 is 2.20 bits per heavy atom. The Morgan fingerprint density at radius 2 is 1.65 bits per heavy atom. The van der Waals surface area contributed by atoms with Crippen molar-refractivity contribution >= 4 is 11.7 Å². The molecular formula is C16H17NO3. The molecule has 0 saturated heterocycles. The molecule has 4 nitrogen and oxygen atoms in total. The van der Waals surface area contributed by atoms with E-state index in [1.807, 2.05) is 36.4 Å². The third kappa shape index (κ3) is 3.59. The lowest BCUT2D eigenvalue weighted by Crippen LogP contribution is -2.02. The molecule has 0 aliphatic carbocycles. The third-order valence-corrected chi connectivity index (χ3v) is 3.01. The predicted molar refractivity (Wildman–Crippen MR) is 77.5 cm³/mol. The Morgan fingerprint density at radius 1 is 1.05 bits per heavy atom. The number of benzene rings is 2.